The average molecular weight is 205 g/mol. The van der Waals surface area contributed by atoms with E-state index in [0.29, 0.717) is 0 Å². The van der Waals surface area contributed by atoms with Crippen LogP contribution in [0.3, 0.4) is 0 Å². The minimum absolute atomic E-state index is 0.260. The van der Waals surface area contributed by atoms with Crippen LogP contribution in [0.25, 0.3) is 10.8 Å². The molecule has 0 saturated heterocycles. The van der Waals surface area contributed by atoms with Crippen LogP contribution in [-0.2, 0) is 9.84 Å². The molecule has 2 aromatic carbocycles. The Hall–Kier alpha value is -1.35. The molecule has 71 valence electrons. The molecule has 0 aliphatic heterocycles. The zero-order valence-electron chi connectivity index (χ0n) is 7.47. The van der Waals surface area contributed by atoms with Crippen LogP contribution in [0, 0.1) is 6.26 Å². The van der Waals surface area contributed by atoms with Gasteiger partial charge in [-0.05, 0) is 22.9 Å². The van der Waals surface area contributed by atoms with Crippen LogP contribution < -0.4 is 0 Å². The Bertz CT molecular complexity index is 571. The summed E-state index contributed by atoms with van der Waals surface area (Å²) in [5, 5.41) is 1.94. The van der Waals surface area contributed by atoms with E-state index in [1.807, 2.05) is 24.3 Å². The molecule has 0 atom stereocenters. The normalized spacial score (nSPS) is 11.8. The molecule has 0 spiro atoms. The van der Waals surface area contributed by atoms with Gasteiger partial charge in [0.15, 0.2) is 9.84 Å². The van der Waals surface area contributed by atoms with Crippen LogP contribution >= 0.6 is 0 Å². The Morgan fingerprint density at radius 1 is 0.929 bits per heavy atom. The third-order valence-corrected chi connectivity index (χ3v) is 3.05. The van der Waals surface area contributed by atoms with Crippen molar-refractivity contribution in [2.75, 3.05) is 0 Å². The largest absolute Gasteiger partial charge is 0.224 e. The second-order valence-corrected chi connectivity index (χ2v) is 4.82. The standard InChI is InChI=1S/C11H9O2S/c1-14(12,13)11-7-6-9-4-2-3-5-10(9)8-11/h2-8H,1H2. The molecule has 0 aromatic heterocycles. The second kappa shape index (κ2) is 3.10. The van der Waals surface area contributed by atoms with Gasteiger partial charge < -0.3 is 0 Å². The topological polar surface area (TPSA) is 34.1 Å². The highest BCUT2D eigenvalue weighted by Crippen LogP contribution is 2.18. The molecule has 0 heterocycles. The lowest BCUT2D eigenvalue weighted by Gasteiger charge is -2.00. The highest BCUT2D eigenvalue weighted by atomic mass is 32.2. The van der Waals surface area contributed by atoms with Crippen molar-refractivity contribution < 1.29 is 8.42 Å². The smallest absolute Gasteiger partial charge is 0.179 e. The van der Waals surface area contributed by atoms with E-state index < -0.39 is 9.84 Å². The monoisotopic (exact) mass is 205 g/mol. The summed E-state index contributed by atoms with van der Waals surface area (Å²) in [6.07, 6.45) is 3.12. The van der Waals surface area contributed by atoms with Crippen LogP contribution in [-0.4, -0.2) is 8.42 Å². The number of rotatable bonds is 1. The van der Waals surface area contributed by atoms with Gasteiger partial charge in [-0.2, -0.15) is 0 Å². The van der Waals surface area contributed by atoms with Crippen molar-refractivity contribution in [1.29, 1.82) is 0 Å². The van der Waals surface area contributed by atoms with Crippen molar-refractivity contribution in [3.8, 4) is 0 Å². The third-order valence-electron chi connectivity index (χ3n) is 2.08. The number of fused-ring (bicyclic) bond motifs is 1. The molecule has 0 N–H and O–H groups in total. The van der Waals surface area contributed by atoms with E-state index >= 15 is 0 Å². The van der Waals surface area contributed by atoms with Crippen LogP contribution in [0.5, 0.6) is 0 Å². The molecule has 0 amide bonds. The first-order valence-corrected chi connectivity index (χ1v) is 5.79. The maximum Gasteiger partial charge on any atom is 0.179 e. The fourth-order valence-electron chi connectivity index (χ4n) is 1.36. The van der Waals surface area contributed by atoms with Gasteiger partial charge >= 0.3 is 0 Å². The van der Waals surface area contributed by atoms with Gasteiger partial charge in [0, 0.05) is 0 Å². The minimum atomic E-state index is -3.34. The quantitative estimate of drug-likeness (QED) is 0.716. The van der Waals surface area contributed by atoms with E-state index in [0.717, 1.165) is 10.8 Å². The summed E-state index contributed by atoms with van der Waals surface area (Å²) < 4.78 is 22.3. The third kappa shape index (κ3) is 1.63. The SMILES string of the molecule is [CH2]S(=O)(=O)c1ccc2ccccc2c1. The van der Waals surface area contributed by atoms with E-state index in [2.05, 4.69) is 6.26 Å². The van der Waals surface area contributed by atoms with Gasteiger partial charge in [-0.1, -0.05) is 30.3 Å². The van der Waals surface area contributed by atoms with Crippen molar-refractivity contribution in [2.24, 2.45) is 0 Å². The number of hydrogen-bond donors (Lipinski definition) is 0. The van der Waals surface area contributed by atoms with Crippen molar-refractivity contribution in [3.05, 3.63) is 48.7 Å². The maximum atomic E-state index is 11.2. The van der Waals surface area contributed by atoms with Gasteiger partial charge in [0.1, 0.15) is 0 Å². The molecular formula is C11H9O2S. The Morgan fingerprint density at radius 3 is 2.21 bits per heavy atom. The lowest BCUT2D eigenvalue weighted by molar-refractivity contribution is 0.604. The molecule has 2 rings (SSSR count). The van der Waals surface area contributed by atoms with E-state index in [-0.39, 0.29) is 4.90 Å². The van der Waals surface area contributed by atoms with Crippen molar-refractivity contribution in [2.45, 2.75) is 4.90 Å². The van der Waals surface area contributed by atoms with Crippen LogP contribution in [0.2, 0.25) is 0 Å². The predicted octanol–water partition coefficient (Wildman–Crippen LogP) is 2.41. The molecule has 0 fully saturated rings. The first-order valence-electron chi connectivity index (χ1n) is 4.14. The molecule has 1 radical (unpaired) electrons. The Labute approximate surface area is 83.1 Å². The summed E-state index contributed by atoms with van der Waals surface area (Å²) in [5.74, 6) is 0. The van der Waals surface area contributed by atoms with E-state index in [9.17, 15) is 8.42 Å². The highest BCUT2D eigenvalue weighted by Gasteiger charge is 2.06. The zero-order chi connectivity index (χ0) is 10.2. The lowest BCUT2D eigenvalue weighted by Crippen LogP contribution is -1.93. The fraction of sp³-hybridized carbons (Fsp3) is 0. The summed E-state index contributed by atoms with van der Waals surface area (Å²) in [4.78, 5) is 0.260. The summed E-state index contributed by atoms with van der Waals surface area (Å²) >= 11 is 0. The van der Waals surface area contributed by atoms with E-state index in [1.54, 1.807) is 18.2 Å². The van der Waals surface area contributed by atoms with Crippen LogP contribution in [0.4, 0.5) is 0 Å². The summed E-state index contributed by atoms with van der Waals surface area (Å²) in [5.41, 5.74) is 0. The molecule has 0 unspecified atom stereocenters. The Balaban J connectivity index is 2.75. The van der Waals surface area contributed by atoms with Crippen LogP contribution in [0.15, 0.2) is 47.4 Å². The molecule has 14 heavy (non-hydrogen) atoms. The van der Waals surface area contributed by atoms with Crippen molar-refractivity contribution >= 4 is 20.6 Å². The van der Waals surface area contributed by atoms with Gasteiger partial charge in [-0.3, -0.25) is 0 Å². The van der Waals surface area contributed by atoms with Crippen molar-refractivity contribution in [3.63, 3.8) is 0 Å². The first kappa shape index (κ1) is 9.21. The molecule has 0 aliphatic carbocycles. The van der Waals surface area contributed by atoms with Gasteiger partial charge in [-0.25, -0.2) is 8.42 Å². The second-order valence-electron chi connectivity index (χ2n) is 3.12. The molecule has 0 bridgehead atoms. The van der Waals surface area contributed by atoms with Crippen LogP contribution in [0.1, 0.15) is 0 Å². The Kier molecular flexibility index (Phi) is 2.04. The van der Waals surface area contributed by atoms with E-state index in [1.165, 1.54) is 0 Å². The highest BCUT2D eigenvalue weighted by molar-refractivity contribution is 7.92. The molecule has 0 aliphatic rings. The fourth-order valence-corrected chi connectivity index (χ4v) is 1.94. The molecule has 0 saturated carbocycles. The van der Waals surface area contributed by atoms with Gasteiger partial charge in [0.05, 0.1) is 11.2 Å². The Morgan fingerprint density at radius 2 is 1.57 bits per heavy atom. The molecular weight excluding hydrogens is 196 g/mol. The average Bonchev–Trinajstić information content (AvgIpc) is 2.16. The first-order chi connectivity index (χ1) is 6.57. The van der Waals surface area contributed by atoms with Crippen molar-refractivity contribution in [1.82, 2.24) is 0 Å². The van der Waals surface area contributed by atoms with Gasteiger partial charge in [0.25, 0.3) is 0 Å². The maximum absolute atomic E-state index is 11.2. The lowest BCUT2D eigenvalue weighted by atomic mass is 10.1. The van der Waals surface area contributed by atoms with Gasteiger partial charge in [-0.15, -0.1) is 0 Å². The summed E-state index contributed by atoms with van der Waals surface area (Å²) in [6, 6.07) is 12.6. The zero-order valence-corrected chi connectivity index (χ0v) is 8.29. The molecule has 2 aromatic rings. The summed E-state index contributed by atoms with van der Waals surface area (Å²) in [7, 11) is -3.34. The minimum Gasteiger partial charge on any atom is -0.224 e. The van der Waals surface area contributed by atoms with Gasteiger partial charge in [0.2, 0.25) is 0 Å². The summed E-state index contributed by atoms with van der Waals surface area (Å²) in [6.45, 7) is 0. The predicted molar refractivity (Wildman–Crippen MR) is 56.5 cm³/mol. The van der Waals surface area contributed by atoms with E-state index in [4.69, 9.17) is 0 Å². The number of hydrogen-bond acceptors (Lipinski definition) is 2. The number of benzene rings is 2. The molecule has 3 heteroatoms. The molecule has 2 nitrogen and oxygen atoms in total. The number of sulfone groups is 1.